The van der Waals surface area contributed by atoms with Gasteiger partial charge in [0.1, 0.15) is 11.6 Å². The fourth-order valence-corrected chi connectivity index (χ4v) is 4.02. The number of carbonyl (C=O) groups is 2. The summed E-state index contributed by atoms with van der Waals surface area (Å²) in [4.78, 5) is 21.6. The molecule has 1 saturated heterocycles. The first-order valence-electron chi connectivity index (χ1n) is 11.5. The van der Waals surface area contributed by atoms with Gasteiger partial charge in [-0.25, -0.2) is 18.4 Å². The van der Waals surface area contributed by atoms with Crippen LogP contribution in [0.25, 0.3) is 5.57 Å². The third-order valence-corrected chi connectivity index (χ3v) is 5.70. The summed E-state index contributed by atoms with van der Waals surface area (Å²) >= 11 is 0. The van der Waals surface area contributed by atoms with Crippen LogP contribution in [-0.4, -0.2) is 40.1 Å². The molecule has 1 fully saturated rings. The van der Waals surface area contributed by atoms with Crippen LogP contribution in [-0.2, 0) is 16.1 Å². The first-order chi connectivity index (χ1) is 17.3. The van der Waals surface area contributed by atoms with E-state index >= 15 is 0 Å². The number of hydrogen-bond donors (Lipinski definition) is 2. The number of carboxylic acid groups (broad SMARTS) is 2. The van der Waals surface area contributed by atoms with E-state index in [4.69, 9.17) is 10.2 Å². The Kier molecular flexibility index (Phi) is 9.65. The molecule has 0 bridgehead atoms. The zero-order valence-electron chi connectivity index (χ0n) is 19.6. The number of halogens is 2. The monoisotopic (exact) mass is 491 g/mol. The summed E-state index contributed by atoms with van der Waals surface area (Å²) in [5, 5.41) is 15.6. The van der Waals surface area contributed by atoms with E-state index in [-0.39, 0.29) is 11.6 Å². The molecule has 0 radical (unpaired) electrons. The van der Waals surface area contributed by atoms with E-state index in [1.165, 1.54) is 35.4 Å². The number of piperidine rings is 1. The van der Waals surface area contributed by atoms with Crippen molar-refractivity contribution in [2.24, 2.45) is 0 Å². The maximum Gasteiger partial charge on any atom is 0.328 e. The highest BCUT2D eigenvalue weighted by Gasteiger charge is 2.19. The molecule has 7 heteroatoms. The molecule has 0 atom stereocenters. The van der Waals surface area contributed by atoms with Crippen LogP contribution in [0.1, 0.15) is 29.5 Å². The van der Waals surface area contributed by atoms with E-state index in [2.05, 4.69) is 29.2 Å². The lowest BCUT2D eigenvalue weighted by atomic mass is 9.88. The van der Waals surface area contributed by atoms with Crippen LogP contribution in [0, 0.1) is 11.6 Å². The molecule has 0 spiro atoms. The van der Waals surface area contributed by atoms with Crippen molar-refractivity contribution < 1.29 is 28.6 Å². The van der Waals surface area contributed by atoms with Crippen LogP contribution in [0.5, 0.6) is 0 Å². The van der Waals surface area contributed by atoms with Crippen LogP contribution in [0.4, 0.5) is 8.78 Å². The number of nitrogens with zero attached hydrogens (tertiary/aromatic N) is 1. The minimum Gasteiger partial charge on any atom is -0.478 e. The van der Waals surface area contributed by atoms with E-state index in [9.17, 15) is 18.4 Å². The van der Waals surface area contributed by atoms with Crippen molar-refractivity contribution in [3.63, 3.8) is 0 Å². The number of carboxylic acids is 2. The first-order valence-corrected chi connectivity index (χ1v) is 11.5. The second-order valence-electron chi connectivity index (χ2n) is 8.26. The quantitative estimate of drug-likeness (QED) is 0.428. The van der Waals surface area contributed by atoms with Gasteiger partial charge in [-0.3, -0.25) is 4.90 Å². The molecule has 36 heavy (non-hydrogen) atoms. The van der Waals surface area contributed by atoms with Gasteiger partial charge in [0.2, 0.25) is 0 Å². The lowest BCUT2D eigenvalue weighted by Crippen LogP contribution is -2.30. The highest BCUT2D eigenvalue weighted by molar-refractivity contribution is 5.89. The summed E-state index contributed by atoms with van der Waals surface area (Å²) < 4.78 is 26.9. The number of hydrogen-bond acceptors (Lipinski definition) is 3. The van der Waals surface area contributed by atoms with Gasteiger partial charge >= 0.3 is 11.9 Å². The Hall–Kier alpha value is -4.10. The summed E-state index contributed by atoms with van der Waals surface area (Å²) in [6, 6.07) is 23.7. The average Bonchev–Trinajstić information content (AvgIpc) is 2.87. The molecule has 0 amide bonds. The smallest absolute Gasteiger partial charge is 0.328 e. The van der Waals surface area contributed by atoms with E-state index < -0.39 is 11.9 Å². The maximum atomic E-state index is 13.4. The Morgan fingerprint density at radius 2 is 1.17 bits per heavy atom. The summed E-state index contributed by atoms with van der Waals surface area (Å²) in [7, 11) is 0. The highest BCUT2D eigenvalue weighted by Crippen LogP contribution is 2.33. The number of benzene rings is 3. The van der Waals surface area contributed by atoms with Gasteiger partial charge in [-0.2, -0.15) is 0 Å². The minimum absolute atomic E-state index is 0.245. The second kappa shape index (κ2) is 13.1. The van der Waals surface area contributed by atoms with Crippen molar-refractivity contribution in [3.8, 4) is 0 Å². The molecule has 3 aromatic carbocycles. The van der Waals surface area contributed by atoms with Gasteiger partial charge < -0.3 is 10.2 Å². The Bertz CT molecular complexity index is 1150. The van der Waals surface area contributed by atoms with Crippen LogP contribution >= 0.6 is 0 Å². The molecule has 1 heterocycles. The molecular formula is C29H27F2NO4. The lowest BCUT2D eigenvalue weighted by molar-refractivity contribution is -0.134. The van der Waals surface area contributed by atoms with E-state index in [0.717, 1.165) is 49.2 Å². The van der Waals surface area contributed by atoms with Crippen molar-refractivity contribution in [3.05, 3.63) is 125 Å². The lowest BCUT2D eigenvalue weighted by Gasteiger charge is -2.30. The van der Waals surface area contributed by atoms with Gasteiger partial charge in [0, 0.05) is 31.8 Å². The summed E-state index contributed by atoms with van der Waals surface area (Å²) in [6.07, 6.45) is 3.03. The van der Waals surface area contributed by atoms with Gasteiger partial charge in [0.15, 0.2) is 0 Å². The SMILES string of the molecule is Fc1ccc(C(=C2CCN(Cc3ccccc3)CC2)c2ccc(F)cc2)cc1.O=C(O)/C=C\C(=O)O. The van der Waals surface area contributed by atoms with Crippen LogP contribution in [0.3, 0.4) is 0 Å². The molecule has 0 aromatic heterocycles. The van der Waals surface area contributed by atoms with E-state index in [0.29, 0.717) is 12.2 Å². The van der Waals surface area contributed by atoms with Crippen molar-refractivity contribution in [2.75, 3.05) is 13.1 Å². The highest BCUT2D eigenvalue weighted by atomic mass is 19.1. The summed E-state index contributed by atoms with van der Waals surface area (Å²) in [5.41, 5.74) is 5.76. The molecule has 4 rings (SSSR count). The molecule has 1 aliphatic rings. The summed E-state index contributed by atoms with van der Waals surface area (Å²) in [5.74, 6) is -3.01. The van der Waals surface area contributed by atoms with Crippen molar-refractivity contribution >= 4 is 17.5 Å². The molecule has 186 valence electrons. The molecule has 0 saturated carbocycles. The van der Waals surface area contributed by atoms with Crippen LogP contribution in [0.2, 0.25) is 0 Å². The molecular weight excluding hydrogens is 464 g/mol. The zero-order valence-corrected chi connectivity index (χ0v) is 19.6. The molecule has 3 aromatic rings. The molecule has 2 N–H and O–H groups in total. The Balaban J connectivity index is 0.000000392. The third kappa shape index (κ3) is 8.29. The average molecular weight is 492 g/mol. The molecule has 5 nitrogen and oxygen atoms in total. The maximum absolute atomic E-state index is 13.4. The van der Waals surface area contributed by atoms with Crippen LogP contribution in [0.15, 0.2) is 96.6 Å². The molecule has 0 unspecified atom stereocenters. The topological polar surface area (TPSA) is 77.8 Å². The minimum atomic E-state index is -1.26. The molecule has 0 aliphatic carbocycles. The Morgan fingerprint density at radius 1 is 0.722 bits per heavy atom. The largest absolute Gasteiger partial charge is 0.478 e. The number of aliphatic carboxylic acids is 2. The standard InChI is InChI=1S/C25H23F2N.C4H4O4/c26-23-10-6-20(7-11-23)25(21-8-12-24(27)13-9-21)22-14-16-28(17-15-22)18-19-4-2-1-3-5-19;5-3(6)1-2-4(7)8/h1-13H,14-18H2;1-2H,(H,5,6)(H,7,8)/b;2-1-. The van der Waals surface area contributed by atoms with Gasteiger partial charge in [0.05, 0.1) is 0 Å². The van der Waals surface area contributed by atoms with Gasteiger partial charge in [-0.05, 0) is 59.4 Å². The normalized spacial score (nSPS) is 13.7. The van der Waals surface area contributed by atoms with Gasteiger partial charge in [0.25, 0.3) is 0 Å². The Labute approximate surface area is 208 Å². The zero-order chi connectivity index (χ0) is 25.9. The van der Waals surface area contributed by atoms with E-state index in [1.54, 1.807) is 0 Å². The molecule has 1 aliphatic heterocycles. The van der Waals surface area contributed by atoms with Crippen molar-refractivity contribution in [2.45, 2.75) is 19.4 Å². The fourth-order valence-electron chi connectivity index (χ4n) is 4.02. The predicted molar refractivity (Wildman–Crippen MR) is 134 cm³/mol. The van der Waals surface area contributed by atoms with Crippen molar-refractivity contribution in [1.82, 2.24) is 4.90 Å². The first kappa shape index (κ1) is 26.5. The number of likely N-dealkylation sites (tertiary alicyclic amines) is 1. The Morgan fingerprint density at radius 3 is 1.58 bits per heavy atom. The summed E-state index contributed by atoms with van der Waals surface area (Å²) in [6.45, 7) is 2.92. The second-order valence-corrected chi connectivity index (χ2v) is 8.26. The third-order valence-electron chi connectivity index (χ3n) is 5.70. The number of rotatable bonds is 6. The van der Waals surface area contributed by atoms with Gasteiger partial charge in [-0.1, -0.05) is 60.2 Å². The van der Waals surface area contributed by atoms with Gasteiger partial charge in [-0.15, -0.1) is 0 Å². The van der Waals surface area contributed by atoms with Crippen LogP contribution < -0.4 is 0 Å². The predicted octanol–water partition coefficient (Wildman–Crippen LogP) is 5.77. The van der Waals surface area contributed by atoms with E-state index in [1.807, 2.05) is 30.3 Å². The fraction of sp³-hybridized carbons (Fsp3) is 0.172. The van der Waals surface area contributed by atoms with Crippen molar-refractivity contribution in [1.29, 1.82) is 0 Å².